The van der Waals surface area contributed by atoms with Gasteiger partial charge in [0.25, 0.3) is 0 Å². The van der Waals surface area contributed by atoms with Crippen molar-refractivity contribution in [3.63, 3.8) is 0 Å². The molecule has 0 rings (SSSR count). The minimum Gasteiger partial charge on any atom is -0.449 e. The van der Waals surface area contributed by atoms with Crippen LogP contribution in [0, 0.1) is 0 Å². The van der Waals surface area contributed by atoms with Crippen LogP contribution in [-0.4, -0.2) is 73.8 Å². The average molecular weight is 241 g/mol. The monoisotopic (exact) mass is 241 g/mol. The zero-order valence-corrected chi connectivity index (χ0v) is 7.89. The molecule has 0 aromatic heterocycles. The summed E-state index contributed by atoms with van der Waals surface area (Å²) in [4.78, 5) is 21.2. The van der Waals surface area contributed by atoms with Crippen LogP contribution in [0.2, 0.25) is 0 Å². The molecule has 0 bridgehead atoms. The molecule has 94 valence electrons. The van der Waals surface area contributed by atoms with Gasteiger partial charge in [-0.1, -0.05) is 0 Å². The normalized spacial score (nSPS) is 18.9. The van der Waals surface area contributed by atoms with Crippen LogP contribution in [0.15, 0.2) is 0 Å². The van der Waals surface area contributed by atoms with Crippen molar-refractivity contribution in [2.45, 2.75) is 24.4 Å². The first-order chi connectivity index (χ1) is 7.84. The molecule has 4 atom stereocenters. The molecule has 16 heavy (non-hydrogen) atoms. The van der Waals surface area contributed by atoms with Gasteiger partial charge >= 0.3 is 13.6 Å². The van der Waals surface area contributed by atoms with E-state index in [1.807, 2.05) is 0 Å². The number of carboxylic acid groups (broad SMARTS) is 1. The van der Waals surface area contributed by atoms with E-state index in [1.165, 1.54) is 0 Å². The van der Waals surface area contributed by atoms with Crippen molar-refractivity contribution in [2.24, 2.45) is 0 Å². The molecular formula is C7H12O9. The molecule has 0 aliphatic rings. The fraction of sp³-hybridized carbons (Fsp3) is 0.714. The maximum absolute atomic E-state index is 10.9. The van der Waals surface area contributed by atoms with Gasteiger partial charge in [0.1, 0.15) is 18.3 Å². The van der Waals surface area contributed by atoms with E-state index in [4.69, 9.17) is 21.9 Å². The van der Waals surface area contributed by atoms with E-state index >= 15 is 0 Å². The molecule has 0 amide bonds. The third kappa shape index (κ3) is 4.08. The van der Waals surface area contributed by atoms with E-state index in [2.05, 4.69) is 9.85 Å². The summed E-state index contributed by atoms with van der Waals surface area (Å²) >= 11 is 0. The van der Waals surface area contributed by atoms with E-state index in [0.717, 1.165) is 0 Å². The second-order valence-electron chi connectivity index (χ2n) is 2.85. The van der Waals surface area contributed by atoms with Gasteiger partial charge < -0.3 is 35.4 Å². The van der Waals surface area contributed by atoms with Crippen LogP contribution in [0.4, 0.5) is 4.79 Å². The molecule has 0 aliphatic heterocycles. The van der Waals surface area contributed by atoms with Crippen molar-refractivity contribution in [3.8, 4) is 0 Å². The van der Waals surface area contributed by atoms with Crippen molar-refractivity contribution in [1.82, 2.24) is 0 Å². The van der Waals surface area contributed by atoms with Crippen LogP contribution >= 0.6 is 0 Å². The molecule has 0 unspecified atom stereocenters. The van der Waals surface area contributed by atoms with Crippen molar-refractivity contribution in [1.29, 1.82) is 1.43 Å². The Bertz CT molecular complexity index is 270. The van der Waals surface area contributed by atoms with Crippen LogP contribution in [-0.2, 0) is 9.53 Å². The van der Waals surface area contributed by atoms with Gasteiger partial charge in [-0.15, -0.1) is 0 Å². The van der Waals surface area contributed by atoms with Gasteiger partial charge in [-0.05, 0) is 0 Å². The molecule has 0 aromatic carbocycles. The van der Waals surface area contributed by atoms with Gasteiger partial charge in [0, 0.05) is 0 Å². The largest absolute Gasteiger partial charge is 0.513 e. The minimum absolute atomic E-state index is 0.922. The molecule has 0 heterocycles. The van der Waals surface area contributed by atoms with Crippen LogP contribution in [0.5, 0.6) is 0 Å². The molecule has 0 saturated heterocycles. The summed E-state index contributed by atoms with van der Waals surface area (Å²) in [6.45, 7) is -0.922. The number of carbonyl (C=O) groups is 2. The van der Waals surface area contributed by atoms with E-state index in [-0.39, 0.29) is 0 Å². The SMILES string of the molecule is [2H]OC(=O)OC(=O)[C@H](O)[C@@H](O)[C@H](O)[C@H](O)CO. The fourth-order valence-electron chi connectivity index (χ4n) is 0.804. The highest BCUT2D eigenvalue weighted by molar-refractivity contribution is 5.84. The van der Waals surface area contributed by atoms with Crippen LogP contribution in [0.3, 0.4) is 0 Å². The Kier molecular flexibility index (Phi) is 5.08. The summed E-state index contributed by atoms with van der Waals surface area (Å²) < 4.78 is 9.73. The van der Waals surface area contributed by atoms with Gasteiger partial charge in [0.05, 0.1) is 6.61 Å². The zero-order chi connectivity index (χ0) is 13.6. The Labute approximate surface area is 90.6 Å². The summed E-state index contributed by atoms with van der Waals surface area (Å²) in [5.74, 6) is -1.68. The Morgan fingerprint density at radius 2 is 1.75 bits per heavy atom. The minimum atomic E-state index is -2.36. The number of rotatable bonds is 5. The summed E-state index contributed by atoms with van der Waals surface area (Å²) in [5.41, 5.74) is 0. The van der Waals surface area contributed by atoms with Gasteiger partial charge in [0.15, 0.2) is 6.10 Å². The lowest BCUT2D eigenvalue weighted by molar-refractivity contribution is -0.165. The standard InChI is InChI=1S/C7H12O9/c8-1-2(9)3(10)4(11)5(12)6(13)16-7(14)15/h2-5,8-12H,1H2,(H,14,15)/t2-,3-,4+,5-/m1/s1/i/hD. The van der Waals surface area contributed by atoms with Crippen molar-refractivity contribution < 1.29 is 45.0 Å². The van der Waals surface area contributed by atoms with Gasteiger partial charge in [-0.3, -0.25) is 0 Å². The number of hydrogen-bond donors (Lipinski definition) is 6. The average Bonchev–Trinajstić information content (AvgIpc) is 2.34. The maximum Gasteiger partial charge on any atom is 0.513 e. The lowest BCUT2D eigenvalue weighted by atomic mass is 10.0. The number of aliphatic hydroxyl groups is 5. The number of esters is 1. The maximum atomic E-state index is 10.9. The molecule has 0 radical (unpaired) electrons. The molecule has 0 saturated carbocycles. The van der Waals surface area contributed by atoms with Gasteiger partial charge in [-0.2, -0.15) is 0 Å². The quantitative estimate of drug-likeness (QED) is 0.213. The first-order valence-electron chi connectivity index (χ1n) is 4.47. The van der Waals surface area contributed by atoms with Crippen LogP contribution in [0.25, 0.3) is 1.43 Å². The highest BCUT2D eigenvalue weighted by atomic mass is 16.7. The number of aliphatic hydroxyl groups excluding tert-OH is 5. The lowest BCUT2D eigenvalue weighted by Gasteiger charge is -2.23. The molecule has 9 nitrogen and oxygen atoms in total. The Hall–Kier alpha value is -1.26. The molecular weight excluding hydrogens is 228 g/mol. The summed E-state index contributed by atoms with van der Waals surface area (Å²) in [5, 5.41) is 47.9. The molecule has 0 aromatic rings. The molecule has 6 N–H and O–H groups in total. The van der Waals surface area contributed by atoms with Crippen LogP contribution in [0.1, 0.15) is 0 Å². The third-order valence-corrected chi connectivity index (χ3v) is 1.68. The zero-order valence-electron chi connectivity index (χ0n) is 8.89. The number of hydrogen-bond acceptors (Lipinski definition) is 9. The first-order valence-corrected chi connectivity index (χ1v) is 4.07. The van der Waals surface area contributed by atoms with Crippen molar-refractivity contribution >= 4 is 12.1 Å². The van der Waals surface area contributed by atoms with Gasteiger partial charge in [0.2, 0.25) is 0 Å². The molecule has 9 heteroatoms. The predicted molar refractivity (Wildman–Crippen MR) is 45.2 cm³/mol. The summed E-state index contributed by atoms with van der Waals surface area (Å²) in [7, 11) is 0. The first kappa shape index (κ1) is 12.8. The van der Waals surface area contributed by atoms with Gasteiger partial charge in [-0.25, -0.2) is 9.59 Å². The highest BCUT2D eigenvalue weighted by Gasteiger charge is 2.35. The molecule has 0 spiro atoms. The highest BCUT2D eigenvalue weighted by Crippen LogP contribution is 2.06. The fourth-order valence-corrected chi connectivity index (χ4v) is 0.804. The van der Waals surface area contributed by atoms with E-state index in [9.17, 15) is 14.7 Å². The van der Waals surface area contributed by atoms with E-state index in [0.29, 0.717) is 0 Å². The Morgan fingerprint density at radius 1 is 1.19 bits per heavy atom. The smallest absolute Gasteiger partial charge is 0.449 e. The molecule has 0 fully saturated rings. The lowest BCUT2D eigenvalue weighted by Crippen LogP contribution is -2.49. The topological polar surface area (TPSA) is 165 Å². The van der Waals surface area contributed by atoms with Crippen molar-refractivity contribution in [3.05, 3.63) is 0 Å². The van der Waals surface area contributed by atoms with E-state index in [1.54, 1.807) is 0 Å². The second-order valence-corrected chi connectivity index (χ2v) is 2.85. The Morgan fingerprint density at radius 3 is 2.19 bits per heavy atom. The molecule has 0 aliphatic carbocycles. The third-order valence-electron chi connectivity index (χ3n) is 1.68. The van der Waals surface area contributed by atoms with Crippen molar-refractivity contribution in [2.75, 3.05) is 6.61 Å². The summed E-state index contributed by atoms with van der Waals surface area (Å²) in [6.07, 6.45) is -10.1. The Balaban J connectivity index is 4.43. The summed E-state index contributed by atoms with van der Waals surface area (Å²) in [6, 6.07) is 0. The number of carbonyl (C=O) groups excluding carboxylic acids is 1. The second kappa shape index (κ2) is 6.35. The predicted octanol–water partition coefficient (Wildman–Crippen LogP) is -3.36. The number of ether oxygens (including phenoxy) is 1. The van der Waals surface area contributed by atoms with E-state index < -0.39 is 43.1 Å². The van der Waals surface area contributed by atoms with Crippen LogP contribution < -0.4 is 0 Å².